The van der Waals surface area contributed by atoms with Crippen molar-refractivity contribution in [1.29, 1.82) is 0 Å². The lowest BCUT2D eigenvalue weighted by Gasteiger charge is -2.24. The summed E-state index contributed by atoms with van der Waals surface area (Å²) >= 11 is 0. The van der Waals surface area contributed by atoms with E-state index in [2.05, 4.69) is 4.98 Å². The summed E-state index contributed by atoms with van der Waals surface area (Å²) in [6.45, 7) is 1.79. The quantitative estimate of drug-likeness (QED) is 0.557. The maximum atomic E-state index is 13.1. The van der Waals surface area contributed by atoms with Gasteiger partial charge in [-0.3, -0.25) is 9.78 Å². The second kappa shape index (κ2) is 9.54. The van der Waals surface area contributed by atoms with E-state index >= 15 is 0 Å². The fraction of sp³-hybridized carbons (Fsp3) is 0.304. The fourth-order valence-electron chi connectivity index (χ4n) is 3.38. The molecule has 0 radical (unpaired) electrons. The molecule has 1 aromatic carbocycles. The molecule has 3 aromatic rings. The molecule has 30 heavy (non-hydrogen) atoms. The van der Waals surface area contributed by atoms with E-state index in [1.165, 1.54) is 12.1 Å². The van der Waals surface area contributed by atoms with E-state index in [4.69, 9.17) is 13.9 Å². The highest BCUT2D eigenvalue weighted by molar-refractivity contribution is 5.91. The summed E-state index contributed by atoms with van der Waals surface area (Å²) in [6, 6.07) is 12.9. The predicted octanol–water partition coefficient (Wildman–Crippen LogP) is 4.21. The molecule has 6 nitrogen and oxygen atoms in total. The molecular formula is C23H23FN2O4. The lowest BCUT2D eigenvalue weighted by Crippen LogP contribution is -2.36. The highest BCUT2D eigenvalue weighted by Crippen LogP contribution is 2.19. The normalized spacial score (nSPS) is 15.8. The van der Waals surface area contributed by atoms with E-state index in [0.717, 1.165) is 25.0 Å². The Morgan fingerprint density at radius 3 is 2.80 bits per heavy atom. The summed E-state index contributed by atoms with van der Waals surface area (Å²) in [5.74, 6) is 0.753. The number of ether oxygens (including phenoxy) is 2. The number of hydrogen-bond acceptors (Lipinski definition) is 5. The van der Waals surface area contributed by atoms with Crippen molar-refractivity contribution in [3.8, 4) is 5.75 Å². The summed E-state index contributed by atoms with van der Waals surface area (Å²) < 4.78 is 30.0. The number of carbonyl (C=O) groups is 1. The standard InChI is InChI=1S/C23H23FN2O4/c24-18-5-7-19(8-6-18)29-16-21-9-10-22(30-21)23(27)26(15-20-4-2-12-28-20)14-17-3-1-11-25-13-17/h1,3,5-11,13,20H,2,4,12,14-16H2. The van der Waals surface area contributed by atoms with Crippen LogP contribution in [0, 0.1) is 5.82 Å². The van der Waals surface area contributed by atoms with Crippen molar-refractivity contribution in [2.24, 2.45) is 0 Å². The van der Waals surface area contributed by atoms with Gasteiger partial charge >= 0.3 is 0 Å². The molecule has 0 N–H and O–H groups in total. The van der Waals surface area contributed by atoms with Crippen molar-refractivity contribution in [2.45, 2.75) is 32.1 Å². The van der Waals surface area contributed by atoms with Gasteiger partial charge in [0.25, 0.3) is 5.91 Å². The van der Waals surface area contributed by atoms with Gasteiger partial charge in [-0.2, -0.15) is 0 Å². The lowest BCUT2D eigenvalue weighted by molar-refractivity contribution is 0.0481. The number of furan rings is 1. The van der Waals surface area contributed by atoms with Gasteiger partial charge in [-0.1, -0.05) is 6.07 Å². The van der Waals surface area contributed by atoms with Crippen molar-refractivity contribution in [3.63, 3.8) is 0 Å². The first-order chi connectivity index (χ1) is 14.7. The van der Waals surface area contributed by atoms with Gasteiger partial charge in [0.1, 0.15) is 23.9 Å². The smallest absolute Gasteiger partial charge is 0.289 e. The van der Waals surface area contributed by atoms with Gasteiger partial charge in [-0.05, 0) is 60.9 Å². The Morgan fingerprint density at radius 1 is 1.20 bits per heavy atom. The SMILES string of the molecule is O=C(c1ccc(COc2ccc(F)cc2)o1)N(Cc1cccnc1)CC1CCCO1. The molecule has 0 saturated carbocycles. The second-order valence-electron chi connectivity index (χ2n) is 7.19. The Morgan fingerprint density at radius 2 is 2.07 bits per heavy atom. The van der Waals surface area contributed by atoms with E-state index in [9.17, 15) is 9.18 Å². The molecular weight excluding hydrogens is 387 g/mol. The van der Waals surface area contributed by atoms with Crippen LogP contribution in [0.2, 0.25) is 0 Å². The molecule has 1 atom stereocenters. The van der Waals surface area contributed by atoms with Crippen molar-refractivity contribution >= 4 is 5.91 Å². The summed E-state index contributed by atoms with van der Waals surface area (Å²) in [4.78, 5) is 19.0. The zero-order chi connectivity index (χ0) is 20.8. The van der Waals surface area contributed by atoms with Crippen LogP contribution in [0.4, 0.5) is 4.39 Å². The van der Waals surface area contributed by atoms with Crippen LogP contribution in [0.15, 0.2) is 65.3 Å². The maximum Gasteiger partial charge on any atom is 0.289 e. The molecule has 0 spiro atoms. The number of halogens is 1. The van der Waals surface area contributed by atoms with Gasteiger partial charge in [0.2, 0.25) is 0 Å². The molecule has 1 aliphatic heterocycles. The number of rotatable bonds is 8. The minimum Gasteiger partial charge on any atom is -0.486 e. The number of hydrogen-bond donors (Lipinski definition) is 0. The Hall–Kier alpha value is -3.19. The van der Waals surface area contributed by atoms with Crippen LogP contribution in [0.25, 0.3) is 0 Å². The molecule has 0 bridgehead atoms. The number of benzene rings is 1. The molecule has 1 aliphatic rings. The minimum absolute atomic E-state index is 0.0295. The van der Waals surface area contributed by atoms with E-state index in [1.807, 2.05) is 12.1 Å². The van der Waals surface area contributed by atoms with Gasteiger partial charge < -0.3 is 18.8 Å². The van der Waals surface area contributed by atoms with Gasteiger partial charge in [0, 0.05) is 32.1 Å². The first-order valence-electron chi connectivity index (χ1n) is 9.94. The number of amides is 1. The van der Waals surface area contributed by atoms with Crippen LogP contribution < -0.4 is 4.74 Å². The largest absolute Gasteiger partial charge is 0.486 e. The molecule has 0 aliphatic carbocycles. The summed E-state index contributed by atoms with van der Waals surface area (Å²) in [5, 5.41) is 0. The van der Waals surface area contributed by atoms with Crippen LogP contribution >= 0.6 is 0 Å². The van der Waals surface area contributed by atoms with Crippen molar-refractivity contribution < 1.29 is 23.1 Å². The summed E-state index contributed by atoms with van der Waals surface area (Å²) in [5.41, 5.74) is 0.940. The Balaban J connectivity index is 1.43. The first kappa shape index (κ1) is 20.1. The molecule has 156 valence electrons. The third kappa shape index (κ3) is 5.24. The minimum atomic E-state index is -0.326. The number of carbonyl (C=O) groups excluding carboxylic acids is 1. The van der Waals surface area contributed by atoms with Crippen molar-refractivity contribution in [3.05, 3.63) is 83.8 Å². The van der Waals surface area contributed by atoms with E-state index in [1.54, 1.807) is 41.6 Å². The number of aromatic nitrogens is 1. The molecule has 1 fully saturated rings. The van der Waals surface area contributed by atoms with E-state index in [0.29, 0.717) is 24.6 Å². The summed E-state index contributed by atoms with van der Waals surface area (Å²) in [6.07, 6.45) is 5.42. The van der Waals surface area contributed by atoms with E-state index in [-0.39, 0.29) is 30.2 Å². The molecule has 1 saturated heterocycles. The molecule has 3 heterocycles. The van der Waals surface area contributed by atoms with Gasteiger partial charge in [-0.25, -0.2) is 4.39 Å². The monoisotopic (exact) mass is 410 g/mol. The van der Waals surface area contributed by atoms with Gasteiger partial charge in [0.05, 0.1) is 6.10 Å². The van der Waals surface area contributed by atoms with Crippen LogP contribution in [0.5, 0.6) is 5.75 Å². The highest BCUT2D eigenvalue weighted by Gasteiger charge is 2.25. The number of nitrogens with zero attached hydrogens (tertiary/aromatic N) is 2. The third-order valence-electron chi connectivity index (χ3n) is 4.90. The topological polar surface area (TPSA) is 64.8 Å². The fourth-order valence-corrected chi connectivity index (χ4v) is 3.38. The van der Waals surface area contributed by atoms with Crippen molar-refractivity contribution in [2.75, 3.05) is 13.2 Å². The average molecular weight is 410 g/mol. The zero-order valence-electron chi connectivity index (χ0n) is 16.5. The molecule has 7 heteroatoms. The Kier molecular flexibility index (Phi) is 6.39. The van der Waals surface area contributed by atoms with E-state index < -0.39 is 0 Å². The Bertz CT molecular complexity index is 953. The van der Waals surface area contributed by atoms with Gasteiger partial charge in [0.15, 0.2) is 5.76 Å². The molecule has 4 rings (SSSR count). The Labute approximate surface area is 174 Å². The second-order valence-corrected chi connectivity index (χ2v) is 7.19. The third-order valence-corrected chi connectivity index (χ3v) is 4.90. The molecule has 1 unspecified atom stereocenters. The highest BCUT2D eigenvalue weighted by atomic mass is 19.1. The van der Waals surface area contributed by atoms with Crippen LogP contribution in [-0.2, 0) is 17.9 Å². The van der Waals surface area contributed by atoms with Crippen molar-refractivity contribution in [1.82, 2.24) is 9.88 Å². The zero-order valence-corrected chi connectivity index (χ0v) is 16.5. The van der Waals surface area contributed by atoms with Crippen LogP contribution in [0.1, 0.15) is 34.7 Å². The lowest BCUT2D eigenvalue weighted by atomic mass is 10.2. The molecule has 2 aromatic heterocycles. The van der Waals surface area contributed by atoms with Crippen LogP contribution in [0.3, 0.4) is 0 Å². The van der Waals surface area contributed by atoms with Gasteiger partial charge in [-0.15, -0.1) is 0 Å². The molecule has 1 amide bonds. The average Bonchev–Trinajstić information content (AvgIpc) is 3.45. The number of pyridine rings is 1. The first-order valence-corrected chi connectivity index (χ1v) is 9.94. The maximum absolute atomic E-state index is 13.1. The summed E-state index contributed by atoms with van der Waals surface area (Å²) in [7, 11) is 0. The predicted molar refractivity (Wildman–Crippen MR) is 107 cm³/mol. The van der Waals surface area contributed by atoms with Crippen LogP contribution in [-0.4, -0.2) is 35.0 Å².